The number of hydrogen-bond donors (Lipinski definition) is 0. The molecule has 0 radical (unpaired) electrons. The molecule has 0 saturated heterocycles. The van der Waals surface area contributed by atoms with Gasteiger partial charge in [0.15, 0.2) is 0 Å². The molecule has 136 valence electrons. The van der Waals surface area contributed by atoms with Crippen molar-refractivity contribution in [3.05, 3.63) is 68.8 Å². The van der Waals surface area contributed by atoms with Gasteiger partial charge in [-0.25, -0.2) is 19.2 Å². The second-order valence-electron chi connectivity index (χ2n) is 8.33. The van der Waals surface area contributed by atoms with Gasteiger partial charge in [0.05, 0.1) is 22.3 Å². The highest BCUT2D eigenvalue weighted by molar-refractivity contribution is 6.15. The first-order valence-electron chi connectivity index (χ1n) is 9.38. The number of esters is 4. The average molecular weight is 372 g/mol. The largest absolute Gasteiger partial charge is 0.386 e. The van der Waals surface area contributed by atoms with Gasteiger partial charge in [0.1, 0.15) is 0 Å². The van der Waals surface area contributed by atoms with Crippen LogP contribution in [-0.4, -0.2) is 23.9 Å². The number of carbonyl (C=O) groups excluding carboxylic acids is 4. The molecule has 0 aromatic heterocycles. The summed E-state index contributed by atoms with van der Waals surface area (Å²) in [5, 5.41) is 0. The Hall–Kier alpha value is -3.28. The molecule has 0 spiro atoms. The molecule has 3 aliphatic carbocycles. The molecule has 6 heteroatoms. The Morgan fingerprint density at radius 2 is 0.929 bits per heavy atom. The van der Waals surface area contributed by atoms with Gasteiger partial charge in [-0.05, 0) is 83.0 Å². The van der Waals surface area contributed by atoms with Gasteiger partial charge < -0.3 is 9.47 Å². The fraction of sp³-hybridized carbons (Fsp3) is 0.273. The van der Waals surface area contributed by atoms with Gasteiger partial charge in [0.2, 0.25) is 0 Å². The molecule has 2 aliphatic heterocycles. The first-order chi connectivity index (χ1) is 13.5. The van der Waals surface area contributed by atoms with Gasteiger partial charge in [0, 0.05) is 0 Å². The van der Waals surface area contributed by atoms with Crippen LogP contribution in [-0.2, 0) is 22.3 Å². The topological polar surface area (TPSA) is 86.7 Å². The van der Waals surface area contributed by atoms with Crippen molar-refractivity contribution in [1.29, 1.82) is 0 Å². The van der Waals surface area contributed by atoms with Crippen LogP contribution in [0.1, 0.15) is 75.5 Å². The van der Waals surface area contributed by atoms with Crippen LogP contribution < -0.4 is 0 Å². The maximum atomic E-state index is 11.9. The van der Waals surface area contributed by atoms with Crippen LogP contribution in [0.2, 0.25) is 0 Å². The zero-order chi connectivity index (χ0) is 18.9. The molecule has 2 aromatic rings. The third-order valence-electron chi connectivity index (χ3n) is 7.28. The lowest BCUT2D eigenvalue weighted by molar-refractivity contribution is 0.0425. The summed E-state index contributed by atoms with van der Waals surface area (Å²) in [5.74, 6) is -0.812. The van der Waals surface area contributed by atoms with E-state index in [9.17, 15) is 19.2 Å². The van der Waals surface area contributed by atoms with E-state index in [1.165, 1.54) is 0 Å². The summed E-state index contributed by atoms with van der Waals surface area (Å²) in [7, 11) is 0. The third-order valence-corrected chi connectivity index (χ3v) is 7.28. The van der Waals surface area contributed by atoms with Crippen LogP contribution >= 0.6 is 0 Å². The minimum atomic E-state index is -0.565. The van der Waals surface area contributed by atoms with E-state index in [2.05, 4.69) is 0 Å². The van der Waals surface area contributed by atoms with Gasteiger partial charge in [-0.3, -0.25) is 0 Å². The molecule has 1 saturated carbocycles. The van der Waals surface area contributed by atoms with E-state index in [-0.39, 0.29) is 0 Å². The number of carbonyl (C=O) groups is 4. The predicted molar refractivity (Wildman–Crippen MR) is 92.2 cm³/mol. The van der Waals surface area contributed by atoms with E-state index < -0.39 is 23.9 Å². The summed E-state index contributed by atoms with van der Waals surface area (Å²) in [6.07, 6.45) is 1.69. The van der Waals surface area contributed by atoms with Crippen molar-refractivity contribution in [1.82, 2.24) is 0 Å². The fourth-order valence-corrected chi connectivity index (χ4v) is 6.24. The normalized spacial score (nSPS) is 30.0. The zero-order valence-corrected chi connectivity index (χ0v) is 14.5. The fourth-order valence-electron chi connectivity index (χ4n) is 6.24. The molecule has 0 bridgehead atoms. The Bertz CT molecular complexity index is 1120. The SMILES string of the molecule is O=C1OC(=O)c2cc3c(cc21)CC1C3C2Cc3cc4c(cc3C12)C(=O)OC4=O. The van der Waals surface area contributed by atoms with Gasteiger partial charge in [-0.2, -0.15) is 0 Å². The Morgan fingerprint density at radius 1 is 0.571 bits per heavy atom. The van der Waals surface area contributed by atoms with Gasteiger partial charge in [-0.1, -0.05) is 0 Å². The number of benzene rings is 2. The van der Waals surface area contributed by atoms with Crippen LogP contribution in [0.15, 0.2) is 24.3 Å². The molecule has 6 nitrogen and oxygen atoms in total. The zero-order valence-electron chi connectivity index (χ0n) is 14.5. The van der Waals surface area contributed by atoms with E-state index in [1.54, 1.807) is 0 Å². The first kappa shape index (κ1) is 14.7. The minimum Gasteiger partial charge on any atom is -0.386 e. The number of hydrogen-bond acceptors (Lipinski definition) is 6. The molecule has 0 unspecified atom stereocenters. The molecule has 28 heavy (non-hydrogen) atoms. The van der Waals surface area contributed by atoms with Crippen LogP contribution in [0.5, 0.6) is 0 Å². The molecule has 2 aromatic carbocycles. The number of cyclic esters (lactones) is 4. The predicted octanol–water partition coefficient (Wildman–Crippen LogP) is 2.53. The Kier molecular flexibility index (Phi) is 2.32. The summed E-state index contributed by atoms with van der Waals surface area (Å²) in [6.45, 7) is 0. The smallest absolute Gasteiger partial charge is 0.346 e. The highest BCUT2D eigenvalue weighted by Crippen LogP contribution is 2.67. The molecule has 7 rings (SSSR count). The number of ether oxygens (including phenoxy) is 2. The van der Waals surface area contributed by atoms with Crippen molar-refractivity contribution >= 4 is 23.9 Å². The van der Waals surface area contributed by atoms with E-state index in [4.69, 9.17) is 9.47 Å². The Morgan fingerprint density at radius 3 is 1.32 bits per heavy atom. The first-order valence-corrected chi connectivity index (χ1v) is 9.38. The maximum absolute atomic E-state index is 11.9. The summed E-state index contributed by atoms with van der Waals surface area (Å²) >= 11 is 0. The molecular formula is C22H12O6. The van der Waals surface area contributed by atoms with Crippen molar-refractivity contribution in [2.75, 3.05) is 0 Å². The standard InChI is InChI=1S/C22H12O6/c23-19-11-1-7-3-15-17(9(7)5-13(11)21(25)27-19)16-4-8-2-12-14(6-10(8)18(15)16)22(26)28-20(12)24/h1-2,5-6,15-18H,3-4H2. The summed E-state index contributed by atoms with van der Waals surface area (Å²) in [4.78, 5) is 47.6. The highest BCUT2D eigenvalue weighted by atomic mass is 16.6. The average Bonchev–Trinajstić information content (AvgIpc) is 3.31. The molecule has 1 fully saturated rings. The summed E-state index contributed by atoms with van der Waals surface area (Å²) in [6, 6.07) is 7.35. The molecule has 2 heterocycles. The van der Waals surface area contributed by atoms with Crippen LogP contribution in [0, 0.1) is 11.8 Å². The van der Waals surface area contributed by atoms with Gasteiger partial charge in [-0.15, -0.1) is 0 Å². The lowest BCUT2D eigenvalue weighted by atomic mass is 9.57. The second-order valence-corrected chi connectivity index (χ2v) is 8.33. The number of fused-ring (bicyclic) bond motifs is 10. The summed E-state index contributed by atoms with van der Waals surface area (Å²) < 4.78 is 9.48. The Labute approximate surface area is 158 Å². The van der Waals surface area contributed by atoms with Crippen molar-refractivity contribution in [3.63, 3.8) is 0 Å². The van der Waals surface area contributed by atoms with Crippen LogP contribution in [0.25, 0.3) is 0 Å². The summed E-state index contributed by atoms with van der Waals surface area (Å²) in [5.41, 5.74) is 6.01. The second kappa shape index (κ2) is 4.41. The maximum Gasteiger partial charge on any atom is 0.346 e. The minimum absolute atomic E-state index is 0.332. The van der Waals surface area contributed by atoms with E-state index in [0.717, 1.165) is 35.1 Å². The van der Waals surface area contributed by atoms with Crippen molar-refractivity contribution in [2.45, 2.75) is 24.7 Å². The van der Waals surface area contributed by atoms with Crippen LogP contribution in [0.3, 0.4) is 0 Å². The van der Waals surface area contributed by atoms with E-state index in [0.29, 0.717) is 45.9 Å². The van der Waals surface area contributed by atoms with E-state index in [1.807, 2.05) is 24.3 Å². The monoisotopic (exact) mass is 372 g/mol. The van der Waals surface area contributed by atoms with Crippen LogP contribution in [0.4, 0.5) is 0 Å². The molecule has 5 aliphatic rings. The quantitative estimate of drug-likeness (QED) is 0.522. The highest BCUT2D eigenvalue weighted by Gasteiger charge is 2.59. The third kappa shape index (κ3) is 1.49. The van der Waals surface area contributed by atoms with Crippen molar-refractivity contribution in [3.8, 4) is 0 Å². The molecule has 0 atom stereocenters. The molecule has 0 N–H and O–H groups in total. The lowest BCUT2D eigenvalue weighted by Crippen LogP contribution is -2.38. The van der Waals surface area contributed by atoms with Crippen molar-refractivity contribution < 1.29 is 28.7 Å². The number of rotatable bonds is 0. The lowest BCUT2D eigenvalue weighted by Gasteiger charge is -2.46. The van der Waals surface area contributed by atoms with Gasteiger partial charge in [0.25, 0.3) is 0 Å². The molecular weight excluding hydrogens is 360 g/mol. The Balaban J connectivity index is 1.32. The molecule has 0 amide bonds. The van der Waals surface area contributed by atoms with Crippen molar-refractivity contribution in [2.24, 2.45) is 11.8 Å². The van der Waals surface area contributed by atoms with E-state index >= 15 is 0 Å². The van der Waals surface area contributed by atoms with Gasteiger partial charge >= 0.3 is 23.9 Å².